The number of thiophene rings is 2. The first-order chi connectivity index (χ1) is 7.75. The number of hydrogen-bond acceptors (Lipinski definition) is 5. The molecule has 2 aromatic heterocycles. The third kappa shape index (κ3) is 2.88. The third-order valence-electron chi connectivity index (χ3n) is 2.01. The third-order valence-corrected chi connectivity index (χ3v) is 3.92. The van der Waals surface area contributed by atoms with Gasteiger partial charge in [0.1, 0.15) is 0 Å². The van der Waals surface area contributed by atoms with Crippen LogP contribution in [0.3, 0.4) is 0 Å². The standard InChI is InChI=1S/C10H10N2O2S2/c13-12(14)10-4-3-9(16-10)7-11-6-8-2-1-5-15-8/h1-5,11H,6-7H2. The molecule has 4 nitrogen and oxygen atoms in total. The van der Waals surface area contributed by atoms with E-state index in [1.807, 2.05) is 11.4 Å². The second kappa shape index (κ2) is 5.20. The summed E-state index contributed by atoms with van der Waals surface area (Å²) in [4.78, 5) is 12.4. The zero-order chi connectivity index (χ0) is 11.4. The van der Waals surface area contributed by atoms with E-state index >= 15 is 0 Å². The summed E-state index contributed by atoms with van der Waals surface area (Å²) in [5.74, 6) is 0. The average Bonchev–Trinajstić information content (AvgIpc) is 2.87. The Kier molecular flexibility index (Phi) is 3.66. The zero-order valence-electron chi connectivity index (χ0n) is 8.38. The molecule has 84 valence electrons. The molecule has 0 amide bonds. The Balaban J connectivity index is 1.83. The Morgan fingerprint density at radius 3 is 2.69 bits per heavy atom. The lowest BCUT2D eigenvalue weighted by atomic mass is 10.4. The highest BCUT2D eigenvalue weighted by molar-refractivity contribution is 7.15. The summed E-state index contributed by atoms with van der Waals surface area (Å²) < 4.78 is 0. The first kappa shape index (κ1) is 11.3. The fraction of sp³-hybridized carbons (Fsp3) is 0.200. The van der Waals surface area contributed by atoms with E-state index in [1.165, 1.54) is 16.2 Å². The molecule has 0 aliphatic rings. The fourth-order valence-electron chi connectivity index (χ4n) is 1.28. The van der Waals surface area contributed by atoms with Gasteiger partial charge >= 0.3 is 5.00 Å². The molecular weight excluding hydrogens is 244 g/mol. The van der Waals surface area contributed by atoms with Crippen molar-refractivity contribution in [2.24, 2.45) is 0 Å². The van der Waals surface area contributed by atoms with Gasteiger partial charge in [-0.2, -0.15) is 0 Å². The normalized spacial score (nSPS) is 10.5. The van der Waals surface area contributed by atoms with Crippen LogP contribution < -0.4 is 5.32 Å². The van der Waals surface area contributed by atoms with Crippen molar-refractivity contribution in [3.63, 3.8) is 0 Å². The lowest BCUT2D eigenvalue weighted by Gasteiger charge is -1.99. The van der Waals surface area contributed by atoms with Gasteiger partial charge in [-0.3, -0.25) is 10.1 Å². The molecule has 0 spiro atoms. The maximum absolute atomic E-state index is 10.5. The van der Waals surface area contributed by atoms with Crippen LogP contribution in [0, 0.1) is 10.1 Å². The summed E-state index contributed by atoms with van der Waals surface area (Å²) >= 11 is 2.92. The van der Waals surface area contributed by atoms with Crippen molar-refractivity contribution in [3.05, 3.63) is 49.5 Å². The van der Waals surface area contributed by atoms with Crippen molar-refractivity contribution in [2.75, 3.05) is 0 Å². The van der Waals surface area contributed by atoms with E-state index in [4.69, 9.17) is 0 Å². The minimum absolute atomic E-state index is 0.202. The predicted octanol–water partition coefficient (Wildman–Crippen LogP) is 3.01. The highest BCUT2D eigenvalue weighted by atomic mass is 32.1. The van der Waals surface area contributed by atoms with Gasteiger partial charge < -0.3 is 5.32 Å². The van der Waals surface area contributed by atoms with Gasteiger partial charge in [0.25, 0.3) is 0 Å². The monoisotopic (exact) mass is 254 g/mol. The molecule has 0 aliphatic carbocycles. The van der Waals surface area contributed by atoms with Crippen LogP contribution in [-0.4, -0.2) is 4.92 Å². The number of nitrogens with zero attached hydrogens (tertiary/aromatic N) is 1. The van der Waals surface area contributed by atoms with Crippen LogP contribution in [0.15, 0.2) is 29.6 Å². The molecule has 1 N–H and O–H groups in total. The molecule has 0 radical (unpaired) electrons. The van der Waals surface area contributed by atoms with Gasteiger partial charge in [-0.25, -0.2) is 0 Å². The quantitative estimate of drug-likeness (QED) is 0.659. The molecule has 2 aromatic rings. The highest BCUT2D eigenvalue weighted by Crippen LogP contribution is 2.23. The SMILES string of the molecule is O=[N+]([O-])c1ccc(CNCc2cccs2)s1. The van der Waals surface area contributed by atoms with E-state index in [1.54, 1.807) is 23.5 Å². The van der Waals surface area contributed by atoms with Crippen molar-refractivity contribution in [2.45, 2.75) is 13.1 Å². The van der Waals surface area contributed by atoms with Crippen molar-refractivity contribution in [1.82, 2.24) is 5.32 Å². The summed E-state index contributed by atoms with van der Waals surface area (Å²) in [6.07, 6.45) is 0. The molecule has 0 aromatic carbocycles. The van der Waals surface area contributed by atoms with Crippen LogP contribution >= 0.6 is 22.7 Å². The van der Waals surface area contributed by atoms with Crippen LogP contribution in [-0.2, 0) is 13.1 Å². The van der Waals surface area contributed by atoms with Gasteiger partial charge in [0, 0.05) is 28.9 Å². The molecule has 0 saturated heterocycles. The van der Waals surface area contributed by atoms with Gasteiger partial charge in [0.2, 0.25) is 0 Å². The second-order valence-corrected chi connectivity index (χ2v) is 5.36. The number of rotatable bonds is 5. The first-order valence-corrected chi connectivity index (χ1v) is 6.41. The molecular formula is C10H10N2O2S2. The molecule has 0 atom stereocenters. The van der Waals surface area contributed by atoms with Gasteiger partial charge in [0.15, 0.2) is 0 Å². The molecule has 0 unspecified atom stereocenters. The lowest BCUT2D eigenvalue weighted by Crippen LogP contribution is -2.10. The van der Waals surface area contributed by atoms with Gasteiger partial charge in [-0.05, 0) is 17.5 Å². The smallest absolute Gasteiger partial charge is 0.307 e. The minimum atomic E-state index is -0.354. The highest BCUT2D eigenvalue weighted by Gasteiger charge is 2.08. The topological polar surface area (TPSA) is 55.2 Å². The molecule has 16 heavy (non-hydrogen) atoms. The van der Waals surface area contributed by atoms with Crippen LogP contribution in [0.1, 0.15) is 9.75 Å². The Hall–Kier alpha value is -1.24. The number of nitrogens with one attached hydrogen (secondary N) is 1. The van der Waals surface area contributed by atoms with Crippen LogP contribution in [0.2, 0.25) is 0 Å². The predicted molar refractivity (Wildman–Crippen MR) is 65.8 cm³/mol. The zero-order valence-corrected chi connectivity index (χ0v) is 10.0. The molecule has 2 rings (SSSR count). The lowest BCUT2D eigenvalue weighted by molar-refractivity contribution is -0.380. The summed E-state index contributed by atoms with van der Waals surface area (Å²) in [5.41, 5.74) is 0. The molecule has 6 heteroatoms. The van der Waals surface area contributed by atoms with Crippen molar-refractivity contribution >= 4 is 27.7 Å². The summed E-state index contributed by atoms with van der Waals surface area (Å²) in [5, 5.41) is 16.0. The number of nitro groups is 1. The Bertz CT molecular complexity index is 465. The maximum atomic E-state index is 10.5. The molecule has 0 fully saturated rings. The minimum Gasteiger partial charge on any atom is -0.307 e. The maximum Gasteiger partial charge on any atom is 0.324 e. The first-order valence-electron chi connectivity index (χ1n) is 4.72. The van der Waals surface area contributed by atoms with E-state index < -0.39 is 0 Å². The van der Waals surface area contributed by atoms with Crippen molar-refractivity contribution in [3.8, 4) is 0 Å². The van der Waals surface area contributed by atoms with E-state index in [0.29, 0.717) is 6.54 Å². The van der Waals surface area contributed by atoms with Gasteiger partial charge in [-0.15, -0.1) is 11.3 Å². The van der Waals surface area contributed by atoms with E-state index in [0.717, 1.165) is 11.4 Å². The van der Waals surface area contributed by atoms with Gasteiger partial charge in [-0.1, -0.05) is 17.4 Å². The van der Waals surface area contributed by atoms with Crippen LogP contribution in [0.4, 0.5) is 5.00 Å². The Labute approximate surface area is 101 Å². The fourth-order valence-corrected chi connectivity index (χ4v) is 2.75. The number of hydrogen-bond donors (Lipinski definition) is 1. The summed E-state index contributed by atoms with van der Waals surface area (Å²) in [6.45, 7) is 1.49. The van der Waals surface area contributed by atoms with Crippen molar-refractivity contribution < 1.29 is 4.92 Å². The molecule has 0 saturated carbocycles. The second-order valence-electron chi connectivity index (χ2n) is 3.18. The van der Waals surface area contributed by atoms with Crippen LogP contribution in [0.25, 0.3) is 0 Å². The molecule has 0 aliphatic heterocycles. The summed E-state index contributed by atoms with van der Waals surface area (Å²) in [7, 11) is 0. The summed E-state index contributed by atoms with van der Waals surface area (Å²) in [6, 6.07) is 7.42. The Morgan fingerprint density at radius 1 is 1.25 bits per heavy atom. The largest absolute Gasteiger partial charge is 0.324 e. The van der Waals surface area contributed by atoms with E-state index in [-0.39, 0.29) is 9.92 Å². The molecule has 0 bridgehead atoms. The Morgan fingerprint density at radius 2 is 2.06 bits per heavy atom. The molecule has 2 heterocycles. The van der Waals surface area contributed by atoms with Crippen LogP contribution in [0.5, 0.6) is 0 Å². The average molecular weight is 254 g/mol. The van der Waals surface area contributed by atoms with E-state index in [9.17, 15) is 10.1 Å². The van der Waals surface area contributed by atoms with Gasteiger partial charge in [0.05, 0.1) is 4.92 Å². The van der Waals surface area contributed by atoms with Crippen molar-refractivity contribution in [1.29, 1.82) is 0 Å². The van der Waals surface area contributed by atoms with E-state index in [2.05, 4.69) is 11.4 Å².